The molecule has 0 radical (unpaired) electrons. The monoisotopic (exact) mass is 390 g/mol. The quantitative estimate of drug-likeness (QED) is 0.781. The smallest absolute Gasteiger partial charge is 0.250 e. The molecular weight excluding hydrogens is 364 g/mol. The van der Waals surface area contributed by atoms with Crippen LogP contribution in [0.4, 0.5) is 0 Å². The normalized spacial score (nSPS) is 15.6. The number of aromatic nitrogens is 3. The van der Waals surface area contributed by atoms with Gasteiger partial charge in [0.1, 0.15) is 11.6 Å². The second kappa shape index (κ2) is 8.65. The van der Waals surface area contributed by atoms with E-state index in [0.717, 1.165) is 31.2 Å². The zero-order valence-corrected chi connectivity index (χ0v) is 16.4. The predicted octanol–water partition coefficient (Wildman–Crippen LogP) is 2.11. The van der Waals surface area contributed by atoms with Gasteiger partial charge in [0, 0.05) is 19.0 Å². The van der Waals surface area contributed by atoms with Crippen molar-refractivity contribution < 1.29 is 13.2 Å². The van der Waals surface area contributed by atoms with Crippen LogP contribution in [0.1, 0.15) is 50.4 Å². The Morgan fingerprint density at radius 3 is 2.52 bits per heavy atom. The van der Waals surface area contributed by atoms with Crippen LogP contribution in [0.25, 0.3) is 0 Å². The van der Waals surface area contributed by atoms with Crippen LogP contribution in [0.5, 0.6) is 0 Å². The van der Waals surface area contributed by atoms with Gasteiger partial charge in [0.05, 0.1) is 0 Å². The summed E-state index contributed by atoms with van der Waals surface area (Å²) in [6.45, 7) is 2.27. The number of nitrogens with one attached hydrogen (secondary N) is 1. The van der Waals surface area contributed by atoms with Crippen molar-refractivity contribution in [3.8, 4) is 0 Å². The molecule has 1 fully saturated rings. The third-order valence-corrected chi connectivity index (χ3v) is 6.38. The van der Waals surface area contributed by atoms with Crippen molar-refractivity contribution in [3.63, 3.8) is 0 Å². The van der Waals surface area contributed by atoms with E-state index in [2.05, 4.69) is 15.5 Å². The van der Waals surface area contributed by atoms with Crippen LogP contribution >= 0.6 is 0 Å². The summed E-state index contributed by atoms with van der Waals surface area (Å²) >= 11 is 0. The Bertz CT molecular complexity index is 872. The van der Waals surface area contributed by atoms with Gasteiger partial charge in [0.2, 0.25) is 20.9 Å². The van der Waals surface area contributed by atoms with Crippen molar-refractivity contribution in [3.05, 3.63) is 41.7 Å². The topological polar surface area (TPSA) is 93.9 Å². The van der Waals surface area contributed by atoms with Crippen molar-refractivity contribution in [1.29, 1.82) is 0 Å². The molecule has 1 aliphatic carbocycles. The summed E-state index contributed by atoms with van der Waals surface area (Å²) in [5, 5.41) is 10.7. The molecule has 1 aliphatic rings. The van der Waals surface area contributed by atoms with Crippen molar-refractivity contribution in [1.82, 2.24) is 20.1 Å². The molecule has 1 heterocycles. The van der Waals surface area contributed by atoms with E-state index in [1.54, 1.807) is 4.57 Å². The Morgan fingerprint density at radius 2 is 1.85 bits per heavy atom. The lowest BCUT2D eigenvalue weighted by Gasteiger charge is -2.22. The summed E-state index contributed by atoms with van der Waals surface area (Å²) in [4.78, 5) is 12.2. The van der Waals surface area contributed by atoms with E-state index in [9.17, 15) is 13.2 Å². The van der Waals surface area contributed by atoms with Gasteiger partial charge in [-0.1, -0.05) is 49.6 Å². The second-order valence-corrected chi connectivity index (χ2v) is 8.85. The fraction of sp³-hybridized carbons (Fsp3) is 0.526. The summed E-state index contributed by atoms with van der Waals surface area (Å²) in [6.07, 6.45) is 5.64. The van der Waals surface area contributed by atoms with Crippen molar-refractivity contribution in [2.45, 2.75) is 63.2 Å². The van der Waals surface area contributed by atoms with E-state index >= 15 is 0 Å². The highest BCUT2D eigenvalue weighted by molar-refractivity contribution is 7.91. The van der Waals surface area contributed by atoms with E-state index in [1.807, 2.05) is 37.3 Å². The number of rotatable bonds is 7. The molecule has 2 aromatic rings. The Labute approximate surface area is 160 Å². The summed E-state index contributed by atoms with van der Waals surface area (Å²) in [5.74, 6) is -0.473. The largest absolute Gasteiger partial charge is 0.352 e. The van der Waals surface area contributed by atoms with Crippen molar-refractivity contribution >= 4 is 15.7 Å². The first-order valence-corrected chi connectivity index (χ1v) is 11.1. The highest BCUT2D eigenvalue weighted by atomic mass is 32.2. The van der Waals surface area contributed by atoms with Gasteiger partial charge in [-0.2, -0.15) is 0 Å². The van der Waals surface area contributed by atoms with E-state index < -0.39 is 21.5 Å². The average molecular weight is 391 g/mol. The van der Waals surface area contributed by atoms with Crippen LogP contribution in [0.2, 0.25) is 0 Å². The molecule has 1 aromatic carbocycles. The van der Waals surface area contributed by atoms with Gasteiger partial charge in [-0.05, 0) is 25.3 Å². The Morgan fingerprint density at radius 1 is 1.15 bits per heavy atom. The molecule has 0 bridgehead atoms. The summed E-state index contributed by atoms with van der Waals surface area (Å²) in [7, 11) is -3.85. The Hall–Kier alpha value is -2.22. The number of amides is 1. The van der Waals surface area contributed by atoms with Gasteiger partial charge >= 0.3 is 0 Å². The molecule has 0 unspecified atom stereocenters. The number of hydrogen-bond acceptors (Lipinski definition) is 5. The number of benzene rings is 1. The highest BCUT2D eigenvalue weighted by Crippen LogP contribution is 2.18. The number of carbonyl (C=O) groups excluding carboxylic acids is 1. The Balaban J connectivity index is 1.72. The third-order valence-electron chi connectivity index (χ3n) is 4.88. The molecule has 0 spiro atoms. The van der Waals surface area contributed by atoms with Crippen LogP contribution in [0.15, 0.2) is 35.5 Å². The first-order valence-electron chi connectivity index (χ1n) is 9.47. The van der Waals surface area contributed by atoms with E-state index in [-0.39, 0.29) is 11.2 Å². The van der Waals surface area contributed by atoms with E-state index in [0.29, 0.717) is 18.8 Å². The third kappa shape index (κ3) is 4.94. The minimum absolute atomic E-state index is 0.0825. The molecule has 0 aliphatic heterocycles. The number of hydrogen-bond donors (Lipinski definition) is 1. The molecule has 0 saturated heterocycles. The Kier molecular flexibility index (Phi) is 6.26. The molecule has 8 heteroatoms. The molecule has 7 nitrogen and oxygen atoms in total. The molecule has 1 N–H and O–H groups in total. The highest BCUT2D eigenvalue weighted by Gasteiger charge is 2.28. The molecule has 0 atom stereocenters. The fourth-order valence-electron chi connectivity index (χ4n) is 3.53. The van der Waals surface area contributed by atoms with Gasteiger partial charge in [0.25, 0.3) is 0 Å². The molecule has 1 saturated carbocycles. The van der Waals surface area contributed by atoms with Gasteiger partial charge in [-0.15, -0.1) is 10.2 Å². The molecule has 1 amide bonds. The maximum Gasteiger partial charge on any atom is 0.250 e. The van der Waals surface area contributed by atoms with Crippen LogP contribution in [-0.2, 0) is 27.6 Å². The standard InChI is InChI=1S/C19H26N4O3S/c1-2-23-17(13-15-9-5-3-6-10-15)21-22-19(23)27(25,26)14-18(24)20-16-11-7-4-8-12-16/h3,5-6,9-10,16H,2,4,7-8,11-14H2,1H3,(H,20,24). The second-order valence-electron chi connectivity index (χ2n) is 6.97. The predicted molar refractivity (Wildman–Crippen MR) is 102 cm³/mol. The number of nitrogens with zero attached hydrogens (tertiary/aromatic N) is 3. The van der Waals surface area contributed by atoms with E-state index in [4.69, 9.17) is 0 Å². The summed E-state index contributed by atoms with van der Waals surface area (Å²) < 4.78 is 27.1. The maximum absolute atomic E-state index is 12.7. The first kappa shape index (κ1) is 19.5. The van der Waals surface area contributed by atoms with Crippen LogP contribution in [0, 0.1) is 0 Å². The summed E-state index contributed by atoms with van der Waals surface area (Å²) in [5.41, 5.74) is 1.03. The van der Waals surface area contributed by atoms with Gasteiger partial charge in [-0.3, -0.25) is 4.79 Å². The molecular formula is C19H26N4O3S. The minimum Gasteiger partial charge on any atom is -0.352 e. The first-order chi connectivity index (χ1) is 13.0. The zero-order valence-electron chi connectivity index (χ0n) is 15.6. The van der Waals surface area contributed by atoms with Crippen LogP contribution in [-0.4, -0.2) is 40.9 Å². The molecule has 1 aromatic heterocycles. The van der Waals surface area contributed by atoms with Crippen LogP contribution in [0.3, 0.4) is 0 Å². The van der Waals surface area contributed by atoms with E-state index in [1.165, 1.54) is 6.42 Å². The van der Waals surface area contributed by atoms with Gasteiger partial charge in [0.15, 0.2) is 0 Å². The molecule has 27 heavy (non-hydrogen) atoms. The molecule has 146 valence electrons. The minimum atomic E-state index is -3.85. The maximum atomic E-state index is 12.7. The lowest BCUT2D eigenvalue weighted by atomic mass is 9.95. The lowest BCUT2D eigenvalue weighted by Crippen LogP contribution is -2.39. The summed E-state index contributed by atoms with van der Waals surface area (Å²) in [6, 6.07) is 9.78. The SMILES string of the molecule is CCn1c(Cc2ccccc2)nnc1S(=O)(=O)CC(=O)NC1CCCCC1. The van der Waals surface area contributed by atoms with Gasteiger partial charge < -0.3 is 9.88 Å². The fourth-order valence-corrected chi connectivity index (χ4v) is 4.82. The average Bonchev–Trinajstić information content (AvgIpc) is 3.06. The van der Waals surface area contributed by atoms with Crippen LogP contribution < -0.4 is 5.32 Å². The number of sulfone groups is 1. The zero-order chi connectivity index (χ0) is 19.3. The van der Waals surface area contributed by atoms with Crippen molar-refractivity contribution in [2.75, 3.05) is 5.75 Å². The van der Waals surface area contributed by atoms with Crippen molar-refractivity contribution in [2.24, 2.45) is 0 Å². The lowest BCUT2D eigenvalue weighted by molar-refractivity contribution is -0.119. The van der Waals surface area contributed by atoms with Gasteiger partial charge in [-0.25, -0.2) is 8.42 Å². The molecule has 3 rings (SSSR count). The number of carbonyl (C=O) groups is 1.